The minimum absolute atomic E-state index is 0.0349. The summed E-state index contributed by atoms with van der Waals surface area (Å²) in [6, 6.07) is 20.9. The Morgan fingerprint density at radius 3 is 2.50 bits per heavy atom. The first-order valence-corrected chi connectivity index (χ1v) is 11.4. The van der Waals surface area contributed by atoms with Crippen LogP contribution in [-0.2, 0) is 16.1 Å². The molecule has 8 heteroatoms. The zero-order valence-corrected chi connectivity index (χ0v) is 19.8. The predicted octanol–water partition coefficient (Wildman–Crippen LogP) is 4.21. The molecule has 1 N–H and O–H groups in total. The maximum atomic E-state index is 13.3. The number of hydrogen-bond acceptors (Lipinski definition) is 8. The number of esters is 1. The number of carbonyl (C=O) groups excluding carboxylic acids is 1. The first-order valence-electron chi connectivity index (χ1n) is 11.4. The van der Waals surface area contributed by atoms with E-state index in [9.17, 15) is 9.59 Å². The van der Waals surface area contributed by atoms with Crippen LogP contribution < -0.4 is 14.9 Å². The molecule has 0 fully saturated rings. The molecule has 8 nitrogen and oxygen atoms in total. The standard InChI is InChI=1S/C28H26O8/c1-32-28(31)21-6-4-5-19(17-21)18-35-27-25(30)23-7-2-3-8-24(23)36-26(27)20-9-11-22(12-10-20)34-16-15-33-14-13-29/h2-12,17,29H,13-16,18H2,1H3. The van der Waals surface area contributed by atoms with Gasteiger partial charge in [0.1, 0.15) is 24.5 Å². The third-order valence-electron chi connectivity index (χ3n) is 5.34. The van der Waals surface area contributed by atoms with Gasteiger partial charge in [-0.25, -0.2) is 4.79 Å². The molecule has 4 aromatic rings. The topological polar surface area (TPSA) is 104 Å². The average molecular weight is 491 g/mol. The Morgan fingerprint density at radius 2 is 1.72 bits per heavy atom. The van der Waals surface area contributed by atoms with Gasteiger partial charge in [-0.2, -0.15) is 0 Å². The van der Waals surface area contributed by atoms with Crippen LogP contribution in [0.25, 0.3) is 22.3 Å². The first-order chi connectivity index (χ1) is 17.6. The van der Waals surface area contributed by atoms with Crippen molar-refractivity contribution in [3.8, 4) is 22.8 Å². The fourth-order valence-electron chi connectivity index (χ4n) is 3.60. The molecular formula is C28H26O8. The van der Waals surface area contributed by atoms with Crippen LogP contribution >= 0.6 is 0 Å². The van der Waals surface area contributed by atoms with Crippen molar-refractivity contribution in [3.05, 3.63) is 94.1 Å². The first kappa shape index (κ1) is 25.0. The highest BCUT2D eigenvalue weighted by Crippen LogP contribution is 2.32. The van der Waals surface area contributed by atoms with Gasteiger partial charge in [-0.15, -0.1) is 0 Å². The SMILES string of the molecule is COC(=O)c1cccc(COc2c(-c3ccc(OCCOCCO)cc3)oc3ccccc3c2=O)c1. The number of aliphatic hydroxyl groups excluding tert-OH is 1. The van der Waals surface area contributed by atoms with Gasteiger partial charge in [0.15, 0.2) is 5.76 Å². The van der Waals surface area contributed by atoms with Gasteiger partial charge in [0, 0.05) is 5.56 Å². The van der Waals surface area contributed by atoms with Gasteiger partial charge in [0.2, 0.25) is 11.2 Å². The Balaban J connectivity index is 1.61. The minimum Gasteiger partial charge on any atom is -0.491 e. The lowest BCUT2D eigenvalue weighted by molar-refractivity contribution is 0.0600. The van der Waals surface area contributed by atoms with Gasteiger partial charge in [-0.05, 0) is 54.1 Å². The van der Waals surface area contributed by atoms with Crippen molar-refractivity contribution >= 4 is 16.9 Å². The van der Waals surface area contributed by atoms with E-state index in [0.29, 0.717) is 52.4 Å². The summed E-state index contributed by atoms with van der Waals surface area (Å²) in [6.07, 6.45) is 0. The van der Waals surface area contributed by atoms with E-state index in [1.54, 1.807) is 72.8 Å². The molecule has 0 atom stereocenters. The fourth-order valence-corrected chi connectivity index (χ4v) is 3.60. The fraction of sp³-hybridized carbons (Fsp3) is 0.214. The summed E-state index contributed by atoms with van der Waals surface area (Å²) in [5, 5.41) is 9.16. The van der Waals surface area contributed by atoms with Crippen LogP contribution in [-0.4, -0.2) is 44.6 Å². The second-order valence-electron chi connectivity index (χ2n) is 7.78. The molecule has 0 aliphatic heterocycles. The Hall–Kier alpha value is -4.14. The minimum atomic E-state index is -0.454. The van der Waals surface area contributed by atoms with E-state index < -0.39 is 5.97 Å². The number of para-hydroxylation sites is 1. The van der Waals surface area contributed by atoms with Crippen molar-refractivity contribution in [1.29, 1.82) is 0 Å². The molecule has 0 saturated heterocycles. The number of carbonyl (C=O) groups is 1. The third kappa shape index (κ3) is 5.91. The zero-order chi connectivity index (χ0) is 25.3. The molecule has 0 amide bonds. The van der Waals surface area contributed by atoms with Crippen LogP contribution in [0.15, 0.2) is 82.0 Å². The normalized spacial score (nSPS) is 10.8. The summed E-state index contributed by atoms with van der Waals surface area (Å²) in [6.45, 7) is 0.974. The van der Waals surface area contributed by atoms with Crippen molar-refractivity contribution in [1.82, 2.24) is 0 Å². The van der Waals surface area contributed by atoms with Crippen LogP contribution in [0.2, 0.25) is 0 Å². The van der Waals surface area contributed by atoms with E-state index in [-0.39, 0.29) is 31.0 Å². The highest BCUT2D eigenvalue weighted by molar-refractivity contribution is 5.89. The molecule has 0 radical (unpaired) electrons. The highest BCUT2D eigenvalue weighted by Gasteiger charge is 2.18. The van der Waals surface area contributed by atoms with Gasteiger partial charge in [0.05, 0.1) is 37.9 Å². The highest BCUT2D eigenvalue weighted by atomic mass is 16.5. The lowest BCUT2D eigenvalue weighted by atomic mass is 10.1. The molecule has 4 rings (SSSR count). The lowest BCUT2D eigenvalue weighted by Crippen LogP contribution is -2.11. The van der Waals surface area contributed by atoms with E-state index >= 15 is 0 Å². The smallest absolute Gasteiger partial charge is 0.337 e. The maximum Gasteiger partial charge on any atom is 0.337 e. The number of hydrogen-bond donors (Lipinski definition) is 1. The van der Waals surface area contributed by atoms with E-state index in [4.69, 9.17) is 28.5 Å². The van der Waals surface area contributed by atoms with Crippen molar-refractivity contribution in [2.45, 2.75) is 6.61 Å². The molecule has 0 saturated carbocycles. The van der Waals surface area contributed by atoms with Gasteiger partial charge in [0.25, 0.3) is 0 Å². The van der Waals surface area contributed by atoms with Crippen molar-refractivity contribution in [2.24, 2.45) is 0 Å². The van der Waals surface area contributed by atoms with Crippen LogP contribution in [0, 0.1) is 0 Å². The second kappa shape index (κ2) is 12.0. The Morgan fingerprint density at radius 1 is 0.917 bits per heavy atom. The van der Waals surface area contributed by atoms with E-state index in [1.807, 2.05) is 0 Å². The lowest BCUT2D eigenvalue weighted by Gasteiger charge is -2.13. The largest absolute Gasteiger partial charge is 0.491 e. The molecule has 0 unspecified atom stereocenters. The van der Waals surface area contributed by atoms with Crippen LogP contribution in [0.3, 0.4) is 0 Å². The number of aliphatic hydroxyl groups is 1. The average Bonchev–Trinajstić information content (AvgIpc) is 2.92. The number of benzene rings is 3. The molecule has 0 bridgehead atoms. The third-order valence-corrected chi connectivity index (χ3v) is 5.34. The molecule has 186 valence electrons. The summed E-state index contributed by atoms with van der Waals surface area (Å²) in [4.78, 5) is 25.2. The molecule has 36 heavy (non-hydrogen) atoms. The van der Waals surface area contributed by atoms with Crippen molar-refractivity contribution in [2.75, 3.05) is 33.5 Å². The molecule has 0 spiro atoms. The van der Waals surface area contributed by atoms with E-state index in [0.717, 1.165) is 0 Å². The summed E-state index contributed by atoms with van der Waals surface area (Å²) in [5.74, 6) is 0.533. The Kier molecular flexibility index (Phi) is 8.33. The zero-order valence-electron chi connectivity index (χ0n) is 19.8. The molecule has 1 heterocycles. The Bertz CT molecular complexity index is 1370. The van der Waals surface area contributed by atoms with Crippen LogP contribution in [0.5, 0.6) is 11.5 Å². The maximum absolute atomic E-state index is 13.3. The van der Waals surface area contributed by atoms with Crippen molar-refractivity contribution < 1.29 is 33.3 Å². The quantitative estimate of drug-likeness (QED) is 0.246. The number of ether oxygens (including phenoxy) is 4. The predicted molar refractivity (Wildman–Crippen MR) is 133 cm³/mol. The summed E-state index contributed by atoms with van der Waals surface area (Å²) < 4.78 is 27.7. The summed E-state index contributed by atoms with van der Waals surface area (Å²) in [5.41, 5.74) is 1.88. The molecule has 0 aliphatic carbocycles. The number of fused-ring (bicyclic) bond motifs is 1. The monoisotopic (exact) mass is 490 g/mol. The molecule has 3 aromatic carbocycles. The van der Waals surface area contributed by atoms with Gasteiger partial charge in [-0.1, -0.05) is 24.3 Å². The summed E-state index contributed by atoms with van der Waals surface area (Å²) in [7, 11) is 1.32. The van der Waals surface area contributed by atoms with E-state index in [2.05, 4.69) is 0 Å². The van der Waals surface area contributed by atoms with Crippen molar-refractivity contribution in [3.63, 3.8) is 0 Å². The van der Waals surface area contributed by atoms with E-state index in [1.165, 1.54) is 7.11 Å². The summed E-state index contributed by atoms with van der Waals surface area (Å²) >= 11 is 0. The Labute approximate surface area is 207 Å². The van der Waals surface area contributed by atoms with Gasteiger partial charge in [-0.3, -0.25) is 4.79 Å². The second-order valence-corrected chi connectivity index (χ2v) is 7.78. The van der Waals surface area contributed by atoms with Gasteiger partial charge < -0.3 is 28.5 Å². The number of methoxy groups -OCH3 is 1. The molecule has 0 aliphatic rings. The van der Waals surface area contributed by atoms with Crippen LogP contribution in [0.1, 0.15) is 15.9 Å². The molecular weight excluding hydrogens is 464 g/mol. The molecule has 1 aromatic heterocycles. The number of rotatable bonds is 11. The van der Waals surface area contributed by atoms with Gasteiger partial charge >= 0.3 is 5.97 Å². The van der Waals surface area contributed by atoms with Crippen LogP contribution in [0.4, 0.5) is 0 Å².